The van der Waals surface area contributed by atoms with Crippen LogP contribution in [0.1, 0.15) is 0 Å². The van der Waals surface area contributed by atoms with Crippen molar-refractivity contribution in [2.24, 2.45) is 0 Å². The van der Waals surface area contributed by atoms with Gasteiger partial charge in [0.1, 0.15) is 0 Å². The van der Waals surface area contributed by atoms with Crippen molar-refractivity contribution in [1.29, 1.82) is 0 Å². The average Bonchev–Trinajstić information content (AvgIpc) is 2.05. The van der Waals surface area contributed by atoms with Crippen LogP contribution in [-0.4, -0.2) is 0 Å². The predicted molar refractivity (Wildman–Crippen MR) is 40.5 cm³/mol. The topological polar surface area (TPSA) is 0 Å². The highest BCUT2D eigenvalue weighted by Crippen LogP contribution is 2.09. The highest BCUT2D eigenvalue weighted by atomic mass is 13.9. The molecule has 45 valence electrons. The smallest absolute Gasteiger partial charge is 0.00928 e. The summed E-state index contributed by atoms with van der Waals surface area (Å²) in [6, 6.07) is 18.7. The van der Waals surface area contributed by atoms with Gasteiger partial charge in [0.15, 0.2) is 0 Å². The second kappa shape index (κ2) is 2.14. The molecule has 0 saturated heterocycles. The highest BCUT2D eigenvalue weighted by Gasteiger charge is 1.86. The first-order valence-corrected chi connectivity index (χ1v) is 3.15. The van der Waals surface area contributed by atoms with Crippen molar-refractivity contribution in [3.63, 3.8) is 0 Å². The second-order valence-electron chi connectivity index (χ2n) is 2.09. The van der Waals surface area contributed by atoms with Crippen LogP contribution in [0, 0.1) is 18.2 Å². The van der Waals surface area contributed by atoms with E-state index in [1.165, 1.54) is 0 Å². The fourth-order valence-corrected chi connectivity index (χ4v) is 0.939. The molecular formula is C10H5. The van der Waals surface area contributed by atoms with E-state index in [9.17, 15) is 0 Å². The Morgan fingerprint density at radius 3 is 2.50 bits per heavy atom. The molecule has 0 nitrogen and oxygen atoms in total. The monoisotopic (exact) mass is 125 g/mol. The maximum absolute atomic E-state index is 3.10. The summed E-state index contributed by atoms with van der Waals surface area (Å²) in [7, 11) is 0. The van der Waals surface area contributed by atoms with Crippen molar-refractivity contribution in [3.05, 3.63) is 48.5 Å². The molecule has 3 radical (unpaired) electrons. The van der Waals surface area contributed by atoms with Crippen LogP contribution in [0.15, 0.2) is 30.3 Å². The lowest BCUT2D eigenvalue weighted by Gasteiger charge is -1.90. The average molecular weight is 125 g/mol. The second-order valence-corrected chi connectivity index (χ2v) is 2.09. The van der Waals surface area contributed by atoms with Crippen LogP contribution >= 0.6 is 0 Å². The molecule has 2 rings (SSSR count). The lowest BCUT2D eigenvalue weighted by Crippen LogP contribution is -1.69. The van der Waals surface area contributed by atoms with Crippen molar-refractivity contribution in [2.75, 3.05) is 0 Å². The van der Waals surface area contributed by atoms with Crippen LogP contribution in [0.25, 0.3) is 10.8 Å². The number of fused-ring (bicyclic) bond motifs is 1. The normalized spacial score (nSPS) is 10.0. The quantitative estimate of drug-likeness (QED) is 0.506. The Hall–Kier alpha value is -1.30. The summed E-state index contributed by atoms with van der Waals surface area (Å²) in [4.78, 5) is 0. The van der Waals surface area contributed by atoms with Gasteiger partial charge in [-0.1, -0.05) is 24.3 Å². The van der Waals surface area contributed by atoms with Gasteiger partial charge in [0, 0.05) is 0 Å². The van der Waals surface area contributed by atoms with Crippen LogP contribution in [-0.2, 0) is 0 Å². The van der Waals surface area contributed by atoms with Gasteiger partial charge < -0.3 is 0 Å². The zero-order valence-corrected chi connectivity index (χ0v) is 5.39. The lowest BCUT2D eigenvalue weighted by atomic mass is 10.1. The summed E-state index contributed by atoms with van der Waals surface area (Å²) in [5, 5.41) is 2.17. The molecule has 0 heterocycles. The van der Waals surface area contributed by atoms with Gasteiger partial charge >= 0.3 is 0 Å². The highest BCUT2D eigenvalue weighted by molar-refractivity contribution is 5.80. The number of rotatable bonds is 0. The molecule has 0 aliphatic carbocycles. The third-order valence-corrected chi connectivity index (χ3v) is 1.43. The molecule has 0 bridgehead atoms. The molecule has 0 N–H and O–H groups in total. The van der Waals surface area contributed by atoms with E-state index in [0.29, 0.717) is 0 Å². The number of benzene rings is 2. The minimum Gasteiger partial charge on any atom is -0.0537 e. The maximum atomic E-state index is 3.10. The van der Waals surface area contributed by atoms with Crippen molar-refractivity contribution in [2.45, 2.75) is 0 Å². The summed E-state index contributed by atoms with van der Waals surface area (Å²) >= 11 is 0. The summed E-state index contributed by atoms with van der Waals surface area (Å²) in [5.74, 6) is 0. The Kier molecular flexibility index (Phi) is 1.17. The van der Waals surface area contributed by atoms with Gasteiger partial charge in [0.2, 0.25) is 0 Å². The first kappa shape index (κ1) is 5.48. The fourth-order valence-electron chi connectivity index (χ4n) is 0.939. The predicted octanol–water partition coefficient (Wildman–Crippen LogP) is 2.24. The molecule has 0 atom stereocenters. The van der Waals surface area contributed by atoms with E-state index in [-0.39, 0.29) is 0 Å². The largest absolute Gasteiger partial charge is 0.0537 e. The summed E-state index contributed by atoms with van der Waals surface area (Å²) in [5.41, 5.74) is 0. The van der Waals surface area contributed by atoms with Crippen LogP contribution < -0.4 is 0 Å². The van der Waals surface area contributed by atoms with Gasteiger partial charge in [-0.3, -0.25) is 0 Å². The zero-order chi connectivity index (χ0) is 6.81. The molecule has 0 saturated carbocycles. The number of hydrogen-bond acceptors (Lipinski definition) is 0. The molecule has 0 fully saturated rings. The Labute approximate surface area is 60.1 Å². The summed E-state index contributed by atoms with van der Waals surface area (Å²) in [6.45, 7) is 0. The number of hydrogen-bond donors (Lipinski definition) is 0. The first-order chi connectivity index (χ1) is 4.97. The van der Waals surface area contributed by atoms with Crippen LogP contribution in [0.3, 0.4) is 0 Å². The Bertz CT molecular complexity index is 271. The van der Waals surface area contributed by atoms with Gasteiger partial charge in [0.25, 0.3) is 0 Å². The van der Waals surface area contributed by atoms with Crippen LogP contribution in [0.4, 0.5) is 0 Å². The molecule has 0 aromatic heterocycles. The van der Waals surface area contributed by atoms with E-state index in [4.69, 9.17) is 0 Å². The van der Waals surface area contributed by atoms with Crippen molar-refractivity contribution in [1.82, 2.24) is 0 Å². The maximum Gasteiger partial charge on any atom is -0.00928 e. The summed E-state index contributed by atoms with van der Waals surface area (Å²) < 4.78 is 0. The fraction of sp³-hybridized carbons (Fsp3) is 0. The van der Waals surface area contributed by atoms with E-state index in [1.807, 2.05) is 30.3 Å². The molecule has 10 heavy (non-hydrogen) atoms. The van der Waals surface area contributed by atoms with E-state index < -0.39 is 0 Å². The third-order valence-electron chi connectivity index (χ3n) is 1.43. The molecule has 0 amide bonds. The molecule has 0 unspecified atom stereocenters. The van der Waals surface area contributed by atoms with Crippen LogP contribution in [0.2, 0.25) is 0 Å². The van der Waals surface area contributed by atoms with Gasteiger partial charge in [0.05, 0.1) is 0 Å². The Balaban J connectivity index is 2.89. The molecule has 0 spiro atoms. The minimum atomic E-state index is 1.07. The van der Waals surface area contributed by atoms with Crippen molar-refractivity contribution >= 4 is 10.8 Å². The molecule has 0 aliphatic rings. The first-order valence-electron chi connectivity index (χ1n) is 3.15. The summed E-state index contributed by atoms with van der Waals surface area (Å²) in [6.07, 6.45) is 0. The van der Waals surface area contributed by atoms with Crippen LogP contribution in [0.5, 0.6) is 0 Å². The molecule has 0 aliphatic heterocycles. The molecule has 2 aromatic carbocycles. The molecule has 2 aromatic rings. The van der Waals surface area contributed by atoms with Crippen molar-refractivity contribution < 1.29 is 0 Å². The van der Waals surface area contributed by atoms with E-state index in [0.717, 1.165) is 10.8 Å². The zero-order valence-electron chi connectivity index (χ0n) is 5.39. The Morgan fingerprint density at radius 2 is 1.70 bits per heavy atom. The Morgan fingerprint density at radius 1 is 0.900 bits per heavy atom. The van der Waals surface area contributed by atoms with Crippen molar-refractivity contribution in [3.8, 4) is 0 Å². The van der Waals surface area contributed by atoms with E-state index >= 15 is 0 Å². The SMILES string of the molecule is [c]1ccc2[c]cc[c]c2c1. The molecule has 0 heteroatoms. The van der Waals surface area contributed by atoms with Gasteiger partial charge in [-0.25, -0.2) is 0 Å². The van der Waals surface area contributed by atoms with E-state index in [2.05, 4.69) is 18.2 Å². The molecular weight excluding hydrogens is 120 g/mol. The standard InChI is InChI=1S/C10H5/c1-2-6-10-8-4-3-7-9(10)5-1/h1-3,7-8H. The third kappa shape index (κ3) is 0.781. The minimum absolute atomic E-state index is 1.07. The lowest BCUT2D eigenvalue weighted by molar-refractivity contribution is 1.72. The van der Waals surface area contributed by atoms with E-state index in [1.54, 1.807) is 0 Å². The van der Waals surface area contributed by atoms with Gasteiger partial charge in [-0.05, 0) is 35.0 Å². The van der Waals surface area contributed by atoms with Gasteiger partial charge in [-0.2, -0.15) is 0 Å². The van der Waals surface area contributed by atoms with Gasteiger partial charge in [-0.15, -0.1) is 0 Å².